The van der Waals surface area contributed by atoms with E-state index < -0.39 is 51.8 Å². The maximum Gasteiger partial charge on any atom is 0.472 e. The fraction of sp³-hybridized carbons (Fsp3) is 0.918. The van der Waals surface area contributed by atoms with Gasteiger partial charge in [0.1, 0.15) is 12.7 Å². The molecule has 11 heteroatoms. The van der Waals surface area contributed by atoms with E-state index in [1.807, 2.05) is 0 Å². The smallest absolute Gasteiger partial charge is 0.462 e. The number of esters is 2. The molecule has 0 saturated heterocycles. The molecule has 60 heavy (non-hydrogen) atoms. The van der Waals surface area contributed by atoms with Gasteiger partial charge in [-0.05, 0) is 38.5 Å². The lowest BCUT2D eigenvalue weighted by molar-refractivity contribution is -0.161. The molecule has 0 radical (unpaired) electrons. The highest BCUT2D eigenvalue weighted by Crippen LogP contribution is 2.43. The molecule has 0 aliphatic carbocycles. The van der Waals surface area contributed by atoms with Crippen LogP contribution in [-0.4, -0.2) is 65.7 Å². The summed E-state index contributed by atoms with van der Waals surface area (Å²) in [6, 6.07) is 0. The van der Waals surface area contributed by atoms with Gasteiger partial charge in [0.25, 0.3) is 0 Å². The molecular formula is C49H95O10P. The summed E-state index contributed by atoms with van der Waals surface area (Å²) in [6.45, 7) is 2.43. The van der Waals surface area contributed by atoms with E-state index in [1.54, 1.807) is 0 Å². The SMILES string of the molecule is CCCCCCCC/C=C/CCCCCCCCCC(=O)O[C@H](COC(=O)CCCCCCCCCCCCCCCCCCCCCC)COP(=O)(O)OC[C@@H](O)CO. The van der Waals surface area contributed by atoms with Crippen LogP contribution in [0.5, 0.6) is 0 Å². The largest absolute Gasteiger partial charge is 0.472 e. The molecule has 0 saturated carbocycles. The third kappa shape index (κ3) is 44.8. The lowest BCUT2D eigenvalue weighted by atomic mass is 10.0. The first kappa shape index (κ1) is 58.7. The lowest BCUT2D eigenvalue weighted by Crippen LogP contribution is -2.29. The first-order chi connectivity index (χ1) is 29.2. The van der Waals surface area contributed by atoms with Crippen molar-refractivity contribution in [3.63, 3.8) is 0 Å². The van der Waals surface area contributed by atoms with Gasteiger partial charge in [-0.3, -0.25) is 18.6 Å². The van der Waals surface area contributed by atoms with Crippen molar-refractivity contribution in [2.45, 2.75) is 264 Å². The van der Waals surface area contributed by atoms with Crippen LogP contribution in [0.1, 0.15) is 251 Å². The van der Waals surface area contributed by atoms with Gasteiger partial charge >= 0.3 is 19.8 Å². The van der Waals surface area contributed by atoms with Crippen LogP contribution in [0, 0.1) is 0 Å². The molecule has 0 aliphatic rings. The van der Waals surface area contributed by atoms with Crippen molar-refractivity contribution in [1.82, 2.24) is 0 Å². The molecule has 0 aliphatic heterocycles. The number of aliphatic hydroxyl groups excluding tert-OH is 2. The van der Waals surface area contributed by atoms with Gasteiger partial charge in [-0.25, -0.2) is 4.57 Å². The second kappa shape index (κ2) is 45.7. The van der Waals surface area contributed by atoms with E-state index in [0.717, 1.165) is 38.5 Å². The first-order valence-electron chi connectivity index (χ1n) is 25.1. The second-order valence-electron chi connectivity index (χ2n) is 17.2. The number of phosphoric acid groups is 1. The molecule has 0 fully saturated rings. The zero-order valence-electron chi connectivity index (χ0n) is 38.9. The number of aliphatic hydroxyl groups is 2. The zero-order valence-corrected chi connectivity index (χ0v) is 39.8. The standard InChI is InChI=1S/C49H95O10P/c1-3-5-7-9-11-13-15-17-19-21-22-23-25-26-28-30-32-34-36-38-40-48(52)56-44-47(45-58-60(54,55)57-43-46(51)42-50)59-49(53)41-39-37-35-33-31-29-27-24-20-18-16-14-12-10-8-6-4-2/h18,20,46-47,50-51H,3-17,19,21-45H2,1-2H3,(H,54,55)/b20-18+/t46-,47+/m0/s1. The van der Waals surface area contributed by atoms with Crippen molar-refractivity contribution < 1.29 is 47.8 Å². The minimum absolute atomic E-state index is 0.184. The summed E-state index contributed by atoms with van der Waals surface area (Å²) in [4.78, 5) is 35.1. The molecular weight excluding hydrogens is 780 g/mol. The van der Waals surface area contributed by atoms with Crippen LogP contribution in [-0.2, 0) is 32.7 Å². The summed E-state index contributed by atoms with van der Waals surface area (Å²) in [7, 11) is -4.62. The summed E-state index contributed by atoms with van der Waals surface area (Å²) in [5, 5.41) is 18.4. The molecule has 0 aromatic heterocycles. The summed E-state index contributed by atoms with van der Waals surface area (Å²) < 4.78 is 32.8. The topological polar surface area (TPSA) is 149 Å². The number of hydrogen-bond donors (Lipinski definition) is 3. The van der Waals surface area contributed by atoms with Gasteiger partial charge in [-0.2, -0.15) is 0 Å². The molecule has 356 valence electrons. The van der Waals surface area contributed by atoms with Crippen LogP contribution in [0.4, 0.5) is 0 Å². The Morgan fingerprint density at radius 3 is 1.20 bits per heavy atom. The molecule has 0 aromatic rings. The molecule has 0 bridgehead atoms. The van der Waals surface area contributed by atoms with Crippen LogP contribution >= 0.6 is 7.82 Å². The van der Waals surface area contributed by atoms with Gasteiger partial charge in [0, 0.05) is 12.8 Å². The number of unbranched alkanes of at least 4 members (excludes halogenated alkanes) is 32. The van der Waals surface area contributed by atoms with E-state index in [2.05, 4.69) is 26.0 Å². The summed E-state index contributed by atoms with van der Waals surface area (Å²) >= 11 is 0. The monoisotopic (exact) mass is 875 g/mol. The second-order valence-corrected chi connectivity index (χ2v) is 18.7. The minimum atomic E-state index is -4.62. The van der Waals surface area contributed by atoms with E-state index in [0.29, 0.717) is 12.8 Å². The van der Waals surface area contributed by atoms with Gasteiger partial charge in [0.2, 0.25) is 0 Å². The summed E-state index contributed by atoms with van der Waals surface area (Å²) in [5.74, 6) is -0.914. The third-order valence-corrected chi connectivity index (χ3v) is 12.1. The highest BCUT2D eigenvalue weighted by Gasteiger charge is 2.27. The van der Waals surface area contributed by atoms with Gasteiger partial charge in [0.15, 0.2) is 6.10 Å². The van der Waals surface area contributed by atoms with Crippen molar-refractivity contribution in [2.24, 2.45) is 0 Å². The van der Waals surface area contributed by atoms with Gasteiger partial charge in [0.05, 0.1) is 19.8 Å². The fourth-order valence-electron chi connectivity index (χ4n) is 7.28. The number of hydrogen-bond acceptors (Lipinski definition) is 9. The molecule has 0 aromatic carbocycles. The number of carbonyl (C=O) groups is 2. The van der Waals surface area contributed by atoms with Crippen molar-refractivity contribution in [3.05, 3.63) is 12.2 Å². The number of allylic oxidation sites excluding steroid dienone is 2. The van der Waals surface area contributed by atoms with Crippen molar-refractivity contribution in [2.75, 3.05) is 26.4 Å². The average Bonchev–Trinajstić information content (AvgIpc) is 3.24. The highest BCUT2D eigenvalue weighted by molar-refractivity contribution is 7.47. The van der Waals surface area contributed by atoms with E-state index >= 15 is 0 Å². The number of phosphoric ester groups is 1. The van der Waals surface area contributed by atoms with Crippen LogP contribution < -0.4 is 0 Å². The summed E-state index contributed by atoms with van der Waals surface area (Å²) in [6.07, 6.45) is 46.0. The van der Waals surface area contributed by atoms with Gasteiger partial charge in [-0.1, -0.05) is 212 Å². The van der Waals surface area contributed by atoms with E-state index in [9.17, 15) is 24.2 Å². The van der Waals surface area contributed by atoms with Crippen LogP contribution in [0.2, 0.25) is 0 Å². The Morgan fingerprint density at radius 1 is 0.483 bits per heavy atom. The van der Waals surface area contributed by atoms with Crippen LogP contribution in [0.15, 0.2) is 12.2 Å². The highest BCUT2D eigenvalue weighted by atomic mass is 31.2. The Morgan fingerprint density at radius 2 is 0.817 bits per heavy atom. The van der Waals surface area contributed by atoms with Crippen molar-refractivity contribution in [1.29, 1.82) is 0 Å². The Balaban J connectivity index is 4.16. The fourth-order valence-corrected chi connectivity index (χ4v) is 8.07. The molecule has 1 unspecified atom stereocenters. The zero-order chi connectivity index (χ0) is 44.0. The third-order valence-electron chi connectivity index (χ3n) is 11.2. The van der Waals surface area contributed by atoms with Crippen LogP contribution in [0.3, 0.4) is 0 Å². The van der Waals surface area contributed by atoms with E-state index in [1.165, 1.54) is 173 Å². The molecule has 10 nitrogen and oxygen atoms in total. The molecule has 3 atom stereocenters. The molecule has 3 N–H and O–H groups in total. The maximum atomic E-state index is 12.7. The van der Waals surface area contributed by atoms with Gasteiger partial charge in [-0.15, -0.1) is 0 Å². The van der Waals surface area contributed by atoms with E-state index in [4.69, 9.17) is 23.6 Å². The molecule has 0 rings (SSSR count). The van der Waals surface area contributed by atoms with Crippen molar-refractivity contribution >= 4 is 19.8 Å². The Bertz CT molecular complexity index is 1010. The average molecular weight is 875 g/mol. The number of rotatable bonds is 48. The quantitative estimate of drug-likeness (QED) is 0.0233. The summed E-state index contributed by atoms with van der Waals surface area (Å²) in [5.41, 5.74) is 0. The molecule has 0 amide bonds. The Kier molecular flexibility index (Phi) is 44.7. The lowest BCUT2D eigenvalue weighted by Gasteiger charge is -2.20. The van der Waals surface area contributed by atoms with Crippen LogP contribution in [0.25, 0.3) is 0 Å². The number of carbonyl (C=O) groups excluding carboxylic acids is 2. The van der Waals surface area contributed by atoms with Crippen molar-refractivity contribution in [3.8, 4) is 0 Å². The minimum Gasteiger partial charge on any atom is -0.462 e. The van der Waals surface area contributed by atoms with E-state index in [-0.39, 0.29) is 19.4 Å². The Hall–Kier alpha value is -1.29. The predicted molar refractivity (Wildman–Crippen MR) is 247 cm³/mol. The predicted octanol–water partition coefficient (Wildman–Crippen LogP) is 14.0. The Labute approximate surface area is 368 Å². The number of ether oxygens (including phenoxy) is 2. The van der Waals surface area contributed by atoms with Gasteiger partial charge < -0.3 is 24.6 Å². The normalized spacial score (nSPS) is 13.8. The molecule has 0 spiro atoms. The molecule has 0 heterocycles. The maximum absolute atomic E-state index is 12.7. The first-order valence-corrected chi connectivity index (χ1v) is 26.6.